The van der Waals surface area contributed by atoms with Crippen molar-refractivity contribution in [3.05, 3.63) is 24.3 Å². The summed E-state index contributed by atoms with van der Waals surface area (Å²) in [4.78, 5) is 0. The molecule has 0 fully saturated rings. The maximum Gasteiger partial charge on any atom is 0.106 e. The van der Waals surface area contributed by atoms with Crippen LogP contribution in [0, 0.1) is 0 Å². The summed E-state index contributed by atoms with van der Waals surface area (Å²) in [5.74, 6) is 0. The molecule has 0 heterocycles. The van der Waals surface area contributed by atoms with Gasteiger partial charge in [-0.15, -0.1) is 0 Å². The van der Waals surface area contributed by atoms with Gasteiger partial charge in [0.1, 0.15) is 12.2 Å². The molecule has 80 valence electrons. The molecular formula is C10H16O4. The second-order valence-electron chi connectivity index (χ2n) is 2.89. The van der Waals surface area contributed by atoms with E-state index in [1.54, 1.807) is 0 Å². The molecule has 0 aromatic rings. The first-order valence-corrected chi connectivity index (χ1v) is 4.68. The second kappa shape index (κ2) is 6.73. The molecule has 0 radical (unpaired) electrons. The third kappa shape index (κ3) is 3.59. The lowest BCUT2D eigenvalue weighted by atomic mass is 10.1. The van der Waals surface area contributed by atoms with Crippen molar-refractivity contribution in [2.75, 3.05) is 26.4 Å². The average Bonchev–Trinajstić information content (AvgIpc) is 2.24. The summed E-state index contributed by atoms with van der Waals surface area (Å²) < 4.78 is 10.7. The van der Waals surface area contributed by atoms with Crippen LogP contribution in [0.1, 0.15) is 0 Å². The van der Waals surface area contributed by atoms with Crippen molar-refractivity contribution in [2.24, 2.45) is 0 Å². The Hall–Kier alpha value is -0.680. The normalized spacial score (nSPS) is 25.6. The van der Waals surface area contributed by atoms with Gasteiger partial charge in [-0.2, -0.15) is 0 Å². The van der Waals surface area contributed by atoms with Crippen molar-refractivity contribution >= 4 is 0 Å². The lowest BCUT2D eigenvalue weighted by Crippen LogP contribution is -2.31. The highest BCUT2D eigenvalue weighted by Gasteiger charge is 2.19. The molecule has 0 aromatic carbocycles. The molecule has 2 atom stereocenters. The SMILES string of the molecule is OCCOC1C=CC=CC1OCCO. The Kier molecular flexibility index (Phi) is 5.47. The largest absolute Gasteiger partial charge is 0.394 e. The molecule has 0 bridgehead atoms. The Morgan fingerprint density at radius 2 is 1.29 bits per heavy atom. The van der Waals surface area contributed by atoms with Crippen molar-refractivity contribution in [3.63, 3.8) is 0 Å². The number of hydrogen-bond acceptors (Lipinski definition) is 4. The van der Waals surface area contributed by atoms with E-state index in [0.29, 0.717) is 13.2 Å². The highest BCUT2D eigenvalue weighted by Crippen LogP contribution is 2.12. The standard InChI is InChI=1S/C10H16O4/c11-5-7-13-9-3-1-2-4-10(9)14-8-6-12/h1-4,9-12H,5-8H2. The Balaban J connectivity index is 2.36. The summed E-state index contributed by atoms with van der Waals surface area (Å²) in [6.07, 6.45) is 7.16. The molecule has 4 heteroatoms. The minimum absolute atomic E-state index is 0.000768. The molecule has 1 rings (SSSR count). The van der Waals surface area contributed by atoms with E-state index in [9.17, 15) is 0 Å². The first-order chi connectivity index (χ1) is 6.88. The fourth-order valence-electron chi connectivity index (χ4n) is 1.24. The molecule has 2 N–H and O–H groups in total. The monoisotopic (exact) mass is 200 g/mol. The molecule has 0 spiro atoms. The highest BCUT2D eigenvalue weighted by atomic mass is 16.5. The van der Waals surface area contributed by atoms with Crippen LogP contribution in [0.3, 0.4) is 0 Å². The van der Waals surface area contributed by atoms with Crippen molar-refractivity contribution in [1.82, 2.24) is 0 Å². The number of aliphatic hydroxyl groups excluding tert-OH is 2. The molecule has 14 heavy (non-hydrogen) atoms. The first-order valence-electron chi connectivity index (χ1n) is 4.68. The van der Waals surface area contributed by atoms with Crippen LogP contribution in [0.15, 0.2) is 24.3 Å². The van der Waals surface area contributed by atoms with E-state index in [0.717, 1.165) is 0 Å². The molecule has 1 aliphatic rings. The molecule has 2 unspecified atom stereocenters. The van der Waals surface area contributed by atoms with E-state index in [2.05, 4.69) is 0 Å². The third-order valence-electron chi connectivity index (χ3n) is 1.84. The van der Waals surface area contributed by atoms with Gasteiger partial charge >= 0.3 is 0 Å². The van der Waals surface area contributed by atoms with Gasteiger partial charge in [0.15, 0.2) is 0 Å². The summed E-state index contributed by atoms with van der Waals surface area (Å²) in [5.41, 5.74) is 0. The molecule has 0 saturated carbocycles. The van der Waals surface area contributed by atoms with Gasteiger partial charge in [0.2, 0.25) is 0 Å². The number of allylic oxidation sites excluding steroid dienone is 2. The second-order valence-corrected chi connectivity index (χ2v) is 2.89. The van der Waals surface area contributed by atoms with E-state index in [1.807, 2.05) is 24.3 Å². The van der Waals surface area contributed by atoms with E-state index >= 15 is 0 Å². The van der Waals surface area contributed by atoms with Gasteiger partial charge in [-0.3, -0.25) is 0 Å². The van der Waals surface area contributed by atoms with Crippen LogP contribution in [0.25, 0.3) is 0 Å². The van der Waals surface area contributed by atoms with Gasteiger partial charge < -0.3 is 19.7 Å². The average molecular weight is 200 g/mol. The van der Waals surface area contributed by atoms with Crippen LogP contribution in [0.2, 0.25) is 0 Å². The van der Waals surface area contributed by atoms with Gasteiger partial charge in [-0.05, 0) is 0 Å². The number of rotatable bonds is 6. The predicted molar refractivity (Wildman–Crippen MR) is 51.9 cm³/mol. The van der Waals surface area contributed by atoms with Crippen LogP contribution in [-0.4, -0.2) is 48.8 Å². The predicted octanol–water partition coefficient (Wildman–Crippen LogP) is -0.133. The number of hydrogen-bond donors (Lipinski definition) is 2. The van der Waals surface area contributed by atoms with Crippen molar-refractivity contribution in [3.8, 4) is 0 Å². The summed E-state index contributed by atoms with van der Waals surface area (Å²) in [6, 6.07) is 0. The lowest BCUT2D eigenvalue weighted by molar-refractivity contribution is -0.0456. The van der Waals surface area contributed by atoms with Crippen LogP contribution in [0.5, 0.6) is 0 Å². The quantitative estimate of drug-likeness (QED) is 0.627. The summed E-state index contributed by atoms with van der Waals surface area (Å²) in [5, 5.41) is 17.2. The zero-order chi connectivity index (χ0) is 10.2. The molecule has 0 saturated heterocycles. The van der Waals surface area contributed by atoms with Gasteiger partial charge in [0, 0.05) is 0 Å². The molecule has 4 nitrogen and oxygen atoms in total. The van der Waals surface area contributed by atoms with Crippen LogP contribution < -0.4 is 0 Å². The molecule has 0 aromatic heterocycles. The van der Waals surface area contributed by atoms with Crippen LogP contribution >= 0.6 is 0 Å². The van der Waals surface area contributed by atoms with E-state index in [4.69, 9.17) is 19.7 Å². The molecule has 0 amide bonds. The van der Waals surface area contributed by atoms with Gasteiger partial charge in [0.25, 0.3) is 0 Å². The van der Waals surface area contributed by atoms with Gasteiger partial charge in [0.05, 0.1) is 26.4 Å². The third-order valence-corrected chi connectivity index (χ3v) is 1.84. The van der Waals surface area contributed by atoms with Gasteiger partial charge in [-0.1, -0.05) is 24.3 Å². The molecular weight excluding hydrogens is 184 g/mol. The van der Waals surface area contributed by atoms with Crippen molar-refractivity contribution in [1.29, 1.82) is 0 Å². The maximum absolute atomic E-state index is 8.61. The molecule has 1 aliphatic carbocycles. The highest BCUT2D eigenvalue weighted by molar-refractivity contribution is 5.16. The van der Waals surface area contributed by atoms with E-state index in [1.165, 1.54) is 0 Å². The van der Waals surface area contributed by atoms with Crippen molar-refractivity contribution < 1.29 is 19.7 Å². The number of aliphatic hydroxyl groups is 2. The smallest absolute Gasteiger partial charge is 0.106 e. The van der Waals surface area contributed by atoms with E-state index in [-0.39, 0.29) is 25.4 Å². The minimum Gasteiger partial charge on any atom is -0.394 e. The topological polar surface area (TPSA) is 58.9 Å². The Morgan fingerprint density at radius 1 is 0.857 bits per heavy atom. The maximum atomic E-state index is 8.61. The van der Waals surface area contributed by atoms with Crippen LogP contribution in [-0.2, 0) is 9.47 Å². The summed E-state index contributed by atoms with van der Waals surface area (Å²) in [7, 11) is 0. The van der Waals surface area contributed by atoms with Crippen LogP contribution in [0.4, 0.5) is 0 Å². The fourth-order valence-corrected chi connectivity index (χ4v) is 1.24. The summed E-state index contributed by atoms with van der Waals surface area (Å²) in [6.45, 7) is 0.589. The zero-order valence-corrected chi connectivity index (χ0v) is 8.00. The minimum atomic E-state index is -0.168. The van der Waals surface area contributed by atoms with Gasteiger partial charge in [-0.25, -0.2) is 0 Å². The summed E-state index contributed by atoms with van der Waals surface area (Å²) >= 11 is 0. The zero-order valence-electron chi connectivity index (χ0n) is 8.00. The Bertz CT molecular complexity index is 178. The number of ether oxygens (including phenoxy) is 2. The fraction of sp³-hybridized carbons (Fsp3) is 0.600. The lowest BCUT2D eigenvalue weighted by Gasteiger charge is -2.24. The Morgan fingerprint density at radius 3 is 1.64 bits per heavy atom. The van der Waals surface area contributed by atoms with E-state index < -0.39 is 0 Å². The van der Waals surface area contributed by atoms with Crippen molar-refractivity contribution in [2.45, 2.75) is 12.2 Å². The Labute approximate surface area is 83.5 Å². The first kappa shape index (κ1) is 11.4. The molecule has 0 aliphatic heterocycles.